The maximum Gasteiger partial charge on any atom is 0.255 e. The molecule has 4 rings (SSSR count). The molecule has 0 unspecified atom stereocenters. The summed E-state index contributed by atoms with van der Waals surface area (Å²) in [5.74, 6) is -0.0550. The molecule has 4 aromatic rings. The van der Waals surface area contributed by atoms with Gasteiger partial charge in [-0.05, 0) is 48.9 Å². The molecule has 5 nitrogen and oxygen atoms in total. The highest BCUT2D eigenvalue weighted by atomic mass is 19.1. The van der Waals surface area contributed by atoms with Crippen LogP contribution in [0.5, 0.6) is 0 Å². The van der Waals surface area contributed by atoms with Gasteiger partial charge in [0, 0.05) is 28.6 Å². The quantitative estimate of drug-likeness (QED) is 0.421. The molecular formula is C25H25FN4O. The van der Waals surface area contributed by atoms with Gasteiger partial charge in [-0.25, -0.2) is 4.39 Å². The molecule has 0 atom stereocenters. The van der Waals surface area contributed by atoms with Crippen LogP contribution in [0.15, 0.2) is 72.8 Å². The Kier molecular flexibility index (Phi) is 7.27. The van der Waals surface area contributed by atoms with Crippen molar-refractivity contribution in [2.45, 2.75) is 27.3 Å². The lowest BCUT2D eigenvalue weighted by atomic mass is 10.1. The number of halogens is 1. The second-order valence-electron chi connectivity index (χ2n) is 6.70. The Balaban J connectivity index is 0.00000132. The molecule has 31 heavy (non-hydrogen) atoms. The van der Waals surface area contributed by atoms with Crippen LogP contribution in [0.1, 0.15) is 35.5 Å². The van der Waals surface area contributed by atoms with Gasteiger partial charge in [0.1, 0.15) is 5.82 Å². The molecule has 0 saturated heterocycles. The van der Waals surface area contributed by atoms with E-state index in [1.165, 1.54) is 12.1 Å². The molecule has 158 valence electrons. The van der Waals surface area contributed by atoms with E-state index in [9.17, 15) is 9.18 Å². The molecule has 0 bridgehead atoms. The highest BCUT2D eigenvalue weighted by molar-refractivity contribution is 6.07. The summed E-state index contributed by atoms with van der Waals surface area (Å²) in [6.45, 7) is 6.47. The first-order chi connectivity index (χ1) is 15.1. The Labute approximate surface area is 181 Å². The number of carbonyl (C=O) groups excluding carboxylic acids is 1. The van der Waals surface area contributed by atoms with Gasteiger partial charge in [-0.2, -0.15) is 5.10 Å². The normalized spacial score (nSPS) is 10.2. The lowest BCUT2D eigenvalue weighted by Gasteiger charge is -2.11. The summed E-state index contributed by atoms with van der Waals surface area (Å²) in [5.41, 5.74) is 2.73. The van der Waals surface area contributed by atoms with Gasteiger partial charge in [-0.3, -0.25) is 4.79 Å². The molecular weight excluding hydrogens is 391 g/mol. The summed E-state index contributed by atoms with van der Waals surface area (Å²) in [6, 6.07) is 21.2. The van der Waals surface area contributed by atoms with E-state index in [4.69, 9.17) is 0 Å². The average molecular weight is 417 g/mol. The van der Waals surface area contributed by atoms with Gasteiger partial charge >= 0.3 is 0 Å². The zero-order valence-corrected chi connectivity index (χ0v) is 17.8. The van der Waals surface area contributed by atoms with E-state index >= 15 is 0 Å². The third-order valence-corrected chi connectivity index (χ3v) is 4.61. The number of aryl methyl sites for hydroxylation is 1. The van der Waals surface area contributed by atoms with E-state index in [2.05, 4.69) is 20.8 Å². The fraction of sp³-hybridized carbons (Fsp3) is 0.160. The van der Waals surface area contributed by atoms with Crippen molar-refractivity contribution < 1.29 is 9.18 Å². The predicted octanol–water partition coefficient (Wildman–Crippen LogP) is 5.97. The molecule has 0 aliphatic rings. The number of amides is 1. The number of nitrogens with one attached hydrogen (secondary N) is 2. The molecule has 1 heterocycles. The second kappa shape index (κ2) is 10.3. The van der Waals surface area contributed by atoms with E-state index in [0.717, 1.165) is 22.0 Å². The Morgan fingerprint density at radius 1 is 0.903 bits per heavy atom. The summed E-state index contributed by atoms with van der Waals surface area (Å²) in [4.78, 5) is 12.6. The molecule has 1 aromatic heterocycles. The molecule has 3 aromatic carbocycles. The molecule has 0 radical (unpaired) electrons. The minimum Gasteiger partial charge on any atom is -0.364 e. The summed E-state index contributed by atoms with van der Waals surface area (Å²) < 4.78 is 13.3. The first-order valence-corrected chi connectivity index (χ1v) is 10.2. The highest BCUT2D eigenvalue weighted by Gasteiger charge is 2.12. The van der Waals surface area contributed by atoms with E-state index in [1.54, 1.807) is 24.3 Å². The molecule has 0 spiro atoms. The fourth-order valence-corrected chi connectivity index (χ4v) is 3.11. The van der Waals surface area contributed by atoms with Gasteiger partial charge in [0.2, 0.25) is 0 Å². The number of fused-ring (bicyclic) bond motifs is 1. The second-order valence-corrected chi connectivity index (χ2v) is 6.70. The smallest absolute Gasteiger partial charge is 0.255 e. The summed E-state index contributed by atoms with van der Waals surface area (Å²) >= 11 is 0. The zero-order valence-electron chi connectivity index (χ0n) is 17.8. The average Bonchev–Trinajstić information content (AvgIpc) is 2.80. The number of carbonyl (C=O) groups is 1. The van der Waals surface area contributed by atoms with Crippen LogP contribution in [0.3, 0.4) is 0 Å². The summed E-state index contributed by atoms with van der Waals surface area (Å²) in [7, 11) is 0. The first kappa shape index (κ1) is 21.9. The van der Waals surface area contributed by atoms with Crippen molar-refractivity contribution in [3.63, 3.8) is 0 Å². The summed E-state index contributed by atoms with van der Waals surface area (Å²) in [5, 5.41) is 16.2. The zero-order chi connectivity index (χ0) is 22.2. The van der Waals surface area contributed by atoms with Crippen LogP contribution < -0.4 is 10.6 Å². The van der Waals surface area contributed by atoms with Crippen LogP contribution in [0.2, 0.25) is 0 Å². The Morgan fingerprint density at radius 3 is 2.42 bits per heavy atom. The molecule has 0 saturated carbocycles. The van der Waals surface area contributed by atoms with Crippen molar-refractivity contribution in [3.8, 4) is 0 Å². The molecule has 6 heteroatoms. The minimum absolute atomic E-state index is 0.312. The highest BCUT2D eigenvalue weighted by Crippen LogP contribution is 2.25. The molecule has 2 N–H and O–H groups in total. The van der Waals surface area contributed by atoms with Crippen LogP contribution in [-0.4, -0.2) is 16.1 Å². The van der Waals surface area contributed by atoms with Crippen molar-refractivity contribution in [1.29, 1.82) is 0 Å². The van der Waals surface area contributed by atoms with Gasteiger partial charge in [-0.1, -0.05) is 50.2 Å². The first-order valence-electron chi connectivity index (χ1n) is 10.2. The van der Waals surface area contributed by atoms with Crippen molar-refractivity contribution in [2.24, 2.45) is 0 Å². The summed E-state index contributed by atoms with van der Waals surface area (Å²) in [6.07, 6.45) is 0. The van der Waals surface area contributed by atoms with Gasteiger partial charge < -0.3 is 10.6 Å². The van der Waals surface area contributed by atoms with E-state index < -0.39 is 5.82 Å². The van der Waals surface area contributed by atoms with Gasteiger partial charge in [0.25, 0.3) is 5.91 Å². The number of aromatic nitrogens is 2. The molecule has 0 fully saturated rings. The maximum atomic E-state index is 13.3. The van der Waals surface area contributed by atoms with Crippen LogP contribution in [0.4, 0.5) is 15.9 Å². The van der Waals surface area contributed by atoms with Gasteiger partial charge in [0.05, 0.1) is 5.69 Å². The van der Waals surface area contributed by atoms with Crippen molar-refractivity contribution in [1.82, 2.24) is 10.2 Å². The van der Waals surface area contributed by atoms with Crippen LogP contribution in [-0.2, 0) is 6.54 Å². The number of rotatable bonds is 5. The van der Waals surface area contributed by atoms with Crippen LogP contribution >= 0.6 is 0 Å². The van der Waals surface area contributed by atoms with Gasteiger partial charge in [0.15, 0.2) is 5.82 Å². The number of hydrogen-bond acceptors (Lipinski definition) is 4. The lowest BCUT2D eigenvalue weighted by Crippen LogP contribution is -2.12. The minimum atomic E-state index is -0.401. The molecule has 0 aliphatic heterocycles. The van der Waals surface area contributed by atoms with Crippen molar-refractivity contribution in [3.05, 3.63) is 95.4 Å². The predicted molar refractivity (Wildman–Crippen MR) is 124 cm³/mol. The SMILES string of the molecule is CC.Cc1nnc(NCc2ccccc2)c2ccc(C(=O)Nc3cccc(F)c3)cc12. The lowest BCUT2D eigenvalue weighted by molar-refractivity contribution is 0.102. The Bertz CT molecular complexity index is 1180. The third-order valence-electron chi connectivity index (χ3n) is 4.61. The Hall–Kier alpha value is -3.80. The number of anilines is 2. The number of benzene rings is 3. The van der Waals surface area contributed by atoms with E-state index in [-0.39, 0.29) is 5.91 Å². The monoisotopic (exact) mass is 416 g/mol. The van der Waals surface area contributed by atoms with Crippen molar-refractivity contribution in [2.75, 3.05) is 10.6 Å². The fourth-order valence-electron chi connectivity index (χ4n) is 3.11. The van der Waals surface area contributed by atoms with Crippen LogP contribution in [0.25, 0.3) is 10.8 Å². The van der Waals surface area contributed by atoms with Crippen LogP contribution in [0, 0.1) is 12.7 Å². The van der Waals surface area contributed by atoms with Crippen molar-refractivity contribution >= 4 is 28.2 Å². The molecule has 1 amide bonds. The topological polar surface area (TPSA) is 66.9 Å². The number of hydrogen-bond donors (Lipinski definition) is 2. The largest absolute Gasteiger partial charge is 0.364 e. The maximum absolute atomic E-state index is 13.3. The van der Waals surface area contributed by atoms with E-state index in [0.29, 0.717) is 23.6 Å². The standard InChI is InChI=1S/C23H19FN4O.C2H6/c1-15-21-12-17(23(29)26-19-9-5-8-18(24)13-19)10-11-20(21)22(28-27-15)25-14-16-6-3-2-4-7-16;1-2/h2-13H,14H2,1H3,(H,25,28)(H,26,29);1-2H3. The number of nitrogens with zero attached hydrogens (tertiary/aromatic N) is 2. The van der Waals surface area contributed by atoms with E-state index in [1.807, 2.05) is 57.2 Å². The molecule has 0 aliphatic carbocycles. The Morgan fingerprint density at radius 2 is 1.68 bits per heavy atom. The third kappa shape index (κ3) is 5.42. The van der Waals surface area contributed by atoms with Gasteiger partial charge in [-0.15, -0.1) is 5.10 Å².